The third-order valence-corrected chi connectivity index (χ3v) is 3.78. The molecule has 1 aromatic heterocycles. The Morgan fingerprint density at radius 2 is 2.12 bits per heavy atom. The average Bonchev–Trinajstić information content (AvgIpc) is 3.15. The largest absolute Gasteiger partial charge is 0.497 e. The van der Waals surface area contributed by atoms with Crippen LogP contribution < -0.4 is 15.4 Å². The van der Waals surface area contributed by atoms with E-state index in [4.69, 9.17) is 9.15 Å². The van der Waals surface area contributed by atoms with E-state index in [2.05, 4.69) is 21.7 Å². The van der Waals surface area contributed by atoms with Crippen LogP contribution in [0, 0.1) is 0 Å². The van der Waals surface area contributed by atoms with Crippen molar-refractivity contribution < 1.29 is 14.3 Å². The lowest BCUT2D eigenvalue weighted by molar-refractivity contribution is 0.0437. The standard InChI is InChI=1S/C19H27N3O3/c1-4-20-18(22-14-19(2,23)17-9-6-12-25-17)21-11-10-15-7-5-8-16(13-15)24-3/h5-9,12-13,23H,4,10-11,14H2,1-3H3,(H2,20,21,22). The lowest BCUT2D eigenvalue weighted by Crippen LogP contribution is -2.39. The minimum atomic E-state index is -1.14. The fourth-order valence-electron chi connectivity index (χ4n) is 2.39. The van der Waals surface area contributed by atoms with Crippen molar-refractivity contribution in [1.29, 1.82) is 0 Å². The molecule has 0 radical (unpaired) electrons. The molecule has 0 saturated carbocycles. The van der Waals surface area contributed by atoms with Crippen LogP contribution in [0.2, 0.25) is 0 Å². The monoisotopic (exact) mass is 345 g/mol. The lowest BCUT2D eigenvalue weighted by Gasteiger charge is -2.19. The smallest absolute Gasteiger partial charge is 0.191 e. The highest BCUT2D eigenvalue weighted by Crippen LogP contribution is 2.21. The maximum Gasteiger partial charge on any atom is 0.191 e. The van der Waals surface area contributed by atoms with Crippen LogP contribution in [0.4, 0.5) is 0 Å². The number of aliphatic hydroxyl groups is 1. The minimum absolute atomic E-state index is 0.203. The average molecular weight is 345 g/mol. The molecule has 0 amide bonds. The fraction of sp³-hybridized carbons (Fsp3) is 0.421. The normalized spacial score (nSPS) is 14.0. The van der Waals surface area contributed by atoms with Crippen molar-refractivity contribution in [2.75, 3.05) is 26.7 Å². The summed E-state index contributed by atoms with van der Waals surface area (Å²) in [7, 11) is 1.66. The Balaban J connectivity index is 1.91. The summed E-state index contributed by atoms with van der Waals surface area (Å²) in [6.45, 7) is 5.36. The minimum Gasteiger partial charge on any atom is -0.497 e. The molecule has 3 N–H and O–H groups in total. The van der Waals surface area contributed by atoms with E-state index in [1.807, 2.05) is 25.1 Å². The molecule has 136 valence electrons. The SMILES string of the molecule is CCNC(=NCC(C)(O)c1ccco1)NCCc1cccc(OC)c1. The van der Waals surface area contributed by atoms with Crippen LogP contribution in [0.25, 0.3) is 0 Å². The van der Waals surface area contributed by atoms with Gasteiger partial charge in [-0.25, -0.2) is 4.99 Å². The molecular weight excluding hydrogens is 318 g/mol. The number of ether oxygens (including phenoxy) is 1. The molecule has 0 aliphatic heterocycles. The van der Waals surface area contributed by atoms with Gasteiger partial charge in [-0.3, -0.25) is 0 Å². The zero-order valence-corrected chi connectivity index (χ0v) is 15.1. The predicted molar refractivity (Wildman–Crippen MR) is 99.0 cm³/mol. The van der Waals surface area contributed by atoms with Gasteiger partial charge in [-0.05, 0) is 50.1 Å². The Morgan fingerprint density at radius 3 is 2.80 bits per heavy atom. The number of benzene rings is 1. The van der Waals surface area contributed by atoms with E-state index < -0.39 is 5.60 Å². The highest BCUT2D eigenvalue weighted by molar-refractivity contribution is 5.79. The molecule has 2 aromatic rings. The third kappa shape index (κ3) is 5.83. The van der Waals surface area contributed by atoms with E-state index in [1.54, 1.807) is 32.4 Å². The number of furan rings is 1. The van der Waals surface area contributed by atoms with Crippen molar-refractivity contribution in [2.24, 2.45) is 4.99 Å². The first-order valence-electron chi connectivity index (χ1n) is 8.46. The van der Waals surface area contributed by atoms with Crippen LogP contribution in [0.1, 0.15) is 25.2 Å². The molecular formula is C19H27N3O3. The summed E-state index contributed by atoms with van der Waals surface area (Å²) < 4.78 is 10.5. The Morgan fingerprint density at radius 1 is 1.28 bits per heavy atom. The molecule has 0 spiro atoms. The van der Waals surface area contributed by atoms with Crippen molar-refractivity contribution in [1.82, 2.24) is 10.6 Å². The molecule has 0 aliphatic carbocycles. The number of rotatable bonds is 8. The van der Waals surface area contributed by atoms with Crippen molar-refractivity contribution in [3.05, 3.63) is 54.0 Å². The van der Waals surface area contributed by atoms with Gasteiger partial charge >= 0.3 is 0 Å². The van der Waals surface area contributed by atoms with Crippen molar-refractivity contribution in [3.63, 3.8) is 0 Å². The van der Waals surface area contributed by atoms with Crippen molar-refractivity contribution >= 4 is 5.96 Å². The van der Waals surface area contributed by atoms with Crippen LogP contribution in [-0.4, -0.2) is 37.8 Å². The van der Waals surface area contributed by atoms with Crippen molar-refractivity contribution in [2.45, 2.75) is 25.9 Å². The van der Waals surface area contributed by atoms with Gasteiger partial charge in [-0.1, -0.05) is 12.1 Å². The van der Waals surface area contributed by atoms with Gasteiger partial charge in [0.25, 0.3) is 0 Å². The van der Waals surface area contributed by atoms with Gasteiger partial charge in [-0.15, -0.1) is 0 Å². The molecule has 0 aliphatic rings. The molecule has 0 bridgehead atoms. The number of methoxy groups -OCH3 is 1. The first-order valence-corrected chi connectivity index (χ1v) is 8.46. The van der Waals surface area contributed by atoms with Crippen LogP contribution >= 0.6 is 0 Å². The Hall–Kier alpha value is -2.47. The van der Waals surface area contributed by atoms with Gasteiger partial charge < -0.3 is 24.9 Å². The van der Waals surface area contributed by atoms with Crippen LogP contribution in [0.5, 0.6) is 5.75 Å². The van der Waals surface area contributed by atoms with Crippen LogP contribution in [0.3, 0.4) is 0 Å². The topological polar surface area (TPSA) is 79.0 Å². The number of aliphatic imine (C=N–C) groups is 1. The van der Waals surface area contributed by atoms with Gasteiger partial charge in [0.05, 0.1) is 19.9 Å². The van der Waals surface area contributed by atoms with Gasteiger partial charge in [-0.2, -0.15) is 0 Å². The number of nitrogens with one attached hydrogen (secondary N) is 2. The van der Waals surface area contributed by atoms with E-state index in [-0.39, 0.29) is 6.54 Å². The Kier molecular flexibility index (Phi) is 6.89. The first kappa shape index (κ1) is 18.9. The summed E-state index contributed by atoms with van der Waals surface area (Å²) in [5.41, 5.74) is 0.0452. The molecule has 6 nitrogen and oxygen atoms in total. The molecule has 1 unspecified atom stereocenters. The molecule has 1 atom stereocenters. The zero-order chi connectivity index (χ0) is 18.1. The predicted octanol–water partition coefficient (Wildman–Crippen LogP) is 2.29. The summed E-state index contributed by atoms with van der Waals surface area (Å²) in [5.74, 6) is 2.02. The van der Waals surface area contributed by atoms with E-state index in [0.717, 1.165) is 25.3 Å². The van der Waals surface area contributed by atoms with E-state index >= 15 is 0 Å². The Bertz CT molecular complexity index is 666. The van der Waals surface area contributed by atoms with Gasteiger partial charge in [0, 0.05) is 13.1 Å². The molecule has 6 heteroatoms. The second-order valence-corrected chi connectivity index (χ2v) is 5.97. The van der Waals surface area contributed by atoms with Crippen LogP contribution in [-0.2, 0) is 12.0 Å². The van der Waals surface area contributed by atoms with Gasteiger partial charge in [0.1, 0.15) is 17.1 Å². The van der Waals surface area contributed by atoms with E-state index in [0.29, 0.717) is 11.7 Å². The van der Waals surface area contributed by atoms with Crippen molar-refractivity contribution in [3.8, 4) is 5.75 Å². The third-order valence-electron chi connectivity index (χ3n) is 3.78. The summed E-state index contributed by atoms with van der Waals surface area (Å²) >= 11 is 0. The second kappa shape index (κ2) is 9.13. The lowest BCUT2D eigenvalue weighted by atomic mass is 10.0. The number of nitrogens with zero attached hydrogens (tertiary/aromatic N) is 1. The summed E-state index contributed by atoms with van der Waals surface area (Å²) in [6.07, 6.45) is 2.39. The highest BCUT2D eigenvalue weighted by atomic mass is 16.5. The molecule has 2 rings (SSSR count). The van der Waals surface area contributed by atoms with Gasteiger partial charge in [0.2, 0.25) is 0 Å². The zero-order valence-electron chi connectivity index (χ0n) is 15.1. The number of hydrogen-bond donors (Lipinski definition) is 3. The van der Waals surface area contributed by atoms with E-state index in [9.17, 15) is 5.11 Å². The van der Waals surface area contributed by atoms with Gasteiger partial charge in [0.15, 0.2) is 5.96 Å². The number of guanidine groups is 1. The highest BCUT2D eigenvalue weighted by Gasteiger charge is 2.25. The summed E-state index contributed by atoms with van der Waals surface area (Å²) in [5, 5.41) is 16.9. The van der Waals surface area contributed by atoms with Crippen LogP contribution in [0.15, 0.2) is 52.1 Å². The molecule has 0 saturated heterocycles. The maximum atomic E-state index is 10.5. The number of hydrogen-bond acceptors (Lipinski definition) is 4. The second-order valence-electron chi connectivity index (χ2n) is 5.97. The quantitative estimate of drug-likeness (QED) is 0.505. The summed E-state index contributed by atoms with van der Waals surface area (Å²) in [6, 6.07) is 11.5. The fourth-order valence-corrected chi connectivity index (χ4v) is 2.39. The molecule has 25 heavy (non-hydrogen) atoms. The summed E-state index contributed by atoms with van der Waals surface area (Å²) in [4.78, 5) is 4.47. The van der Waals surface area contributed by atoms with E-state index in [1.165, 1.54) is 5.56 Å². The first-order chi connectivity index (χ1) is 12.0. The Labute approximate surface area is 148 Å². The molecule has 1 heterocycles. The molecule has 0 fully saturated rings. The molecule has 1 aromatic carbocycles. The maximum absolute atomic E-state index is 10.5.